The predicted molar refractivity (Wildman–Crippen MR) is 116 cm³/mol. The van der Waals surface area contributed by atoms with Crippen LogP contribution in [0.3, 0.4) is 0 Å². The molecule has 2 heterocycles. The lowest BCUT2D eigenvalue weighted by molar-refractivity contribution is 0.0844. The number of hydrogen-bond acceptors (Lipinski definition) is 6. The van der Waals surface area contributed by atoms with Crippen molar-refractivity contribution in [2.45, 2.75) is 32.5 Å². The Morgan fingerprint density at radius 2 is 1.60 bits per heavy atom. The van der Waals surface area contributed by atoms with Gasteiger partial charge < -0.3 is 4.74 Å². The second-order valence-electron chi connectivity index (χ2n) is 7.76. The molecule has 3 aromatic rings. The molecule has 1 saturated heterocycles. The summed E-state index contributed by atoms with van der Waals surface area (Å²) in [5.41, 5.74) is 2.54. The normalized spacial score (nSPS) is 16.5. The molecule has 0 spiro atoms. The van der Waals surface area contributed by atoms with E-state index in [1.165, 1.54) is 5.56 Å². The summed E-state index contributed by atoms with van der Waals surface area (Å²) in [7, 11) is 1.68. The summed E-state index contributed by atoms with van der Waals surface area (Å²) in [4.78, 5) is 5.05. The Kier molecular flexibility index (Phi) is 6.71. The average molecular weight is 407 g/mol. The van der Waals surface area contributed by atoms with Gasteiger partial charge in [0.1, 0.15) is 5.75 Å². The van der Waals surface area contributed by atoms with Crippen LogP contribution in [0.5, 0.6) is 5.75 Å². The molecular formula is C23H30N6O. The first kappa shape index (κ1) is 20.5. The lowest BCUT2D eigenvalue weighted by atomic mass is 10.1. The van der Waals surface area contributed by atoms with Gasteiger partial charge in [-0.1, -0.05) is 49.4 Å². The van der Waals surface area contributed by atoms with Gasteiger partial charge in [-0.05, 0) is 40.1 Å². The van der Waals surface area contributed by atoms with Crippen molar-refractivity contribution >= 4 is 0 Å². The van der Waals surface area contributed by atoms with Gasteiger partial charge in [-0.2, -0.15) is 0 Å². The van der Waals surface area contributed by atoms with Gasteiger partial charge in [-0.25, -0.2) is 4.68 Å². The summed E-state index contributed by atoms with van der Waals surface area (Å²) >= 11 is 0. The number of hydrogen-bond donors (Lipinski definition) is 0. The maximum absolute atomic E-state index is 5.25. The van der Waals surface area contributed by atoms with Crippen molar-refractivity contribution in [3.63, 3.8) is 0 Å². The number of rotatable bonds is 8. The molecule has 0 bridgehead atoms. The molecule has 4 rings (SSSR count). The number of methoxy groups -OCH3 is 1. The average Bonchev–Trinajstić information content (AvgIpc) is 3.24. The molecule has 1 aliphatic heterocycles. The fourth-order valence-corrected chi connectivity index (χ4v) is 4.15. The molecule has 1 fully saturated rings. The SMILES string of the molecule is CCC(c1nnnn1Cc1ccc(OC)cc1)N1CCN(Cc2ccccc2)CC1. The second-order valence-corrected chi connectivity index (χ2v) is 7.76. The second kappa shape index (κ2) is 9.82. The molecule has 158 valence electrons. The number of tetrazole rings is 1. The maximum Gasteiger partial charge on any atom is 0.168 e. The van der Waals surface area contributed by atoms with Crippen LogP contribution in [0.1, 0.15) is 36.3 Å². The molecule has 1 aliphatic rings. The summed E-state index contributed by atoms with van der Waals surface area (Å²) in [6.45, 7) is 8.07. The van der Waals surface area contributed by atoms with Crippen LogP contribution in [-0.4, -0.2) is 63.3 Å². The molecule has 1 unspecified atom stereocenters. The van der Waals surface area contributed by atoms with E-state index in [4.69, 9.17) is 4.74 Å². The van der Waals surface area contributed by atoms with Gasteiger partial charge in [-0.15, -0.1) is 5.10 Å². The molecule has 2 aromatic carbocycles. The molecule has 0 aliphatic carbocycles. The molecule has 1 atom stereocenters. The van der Waals surface area contributed by atoms with Crippen LogP contribution in [0, 0.1) is 0 Å². The van der Waals surface area contributed by atoms with Crippen LogP contribution in [0.2, 0.25) is 0 Å². The summed E-state index contributed by atoms with van der Waals surface area (Å²) in [6, 6.07) is 19.0. The predicted octanol–water partition coefficient (Wildman–Crippen LogP) is 3.00. The van der Waals surface area contributed by atoms with Gasteiger partial charge in [0.15, 0.2) is 5.82 Å². The molecule has 1 aromatic heterocycles. The number of benzene rings is 2. The largest absolute Gasteiger partial charge is 0.497 e. The first-order valence-corrected chi connectivity index (χ1v) is 10.7. The molecule has 7 heteroatoms. The number of aromatic nitrogens is 4. The Bertz CT molecular complexity index is 903. The Labute approximate surface area is 178 Å². The van der Waals surface area contributed by atoms with Crippen LogP contribution in [-0.2, 0) is 13.1 Å². The van der Waals surface area contributed by atoms with Gasteiger partial charge >= 0.3 is 0 Å². The third-order valence-electron chi connectivity index (χ3n) is 5.83. The molecule has 0 amide bonds. The standard InChI is InChI=1S/C23H30N6O/c1-3-22(28-15-13-27(14-16-28)17-19-7-5-4-6-8-19)23-24-25-26-29(23)18-20-9-11-21(30-2)12-10-20/h4-12,22H,3,13-18H2,1-2H3. The summed E-state index contributed by atoms with van der Waals surface area (Å²) in [5.74, 6) is 1.81. The van der Waals surface area contributed by atoms with Crippen molar-refractivity contribution < 1.29 is 4.74 Å². The molecule has 30 heavy (non-hydrogen) atoms. The molecule has 0 N–H and O–H groups in total. The summed E-state index contributed by atoms with van der Waals surface area (Å²) in [5, 5.41) is 12.7. The smallest absolute Gasteiger partial charge is 0.168 e. The van der Waals surface area contributed by atoms with Gasteiger partial charge in [0.25, 0.3) is 0 Å². The number of ether oxygens (including phenoxy) is 1. The highest BCUT2D eigenvalue weighted by atomic mass is 16.5. The molecule has 0 saturated carbocycles. The van der Waals surface area contributed by atoms with Crippen molar-refractivity contribution in [3.05, 3.63) is 71.5 Å². The first-order valence-electron chi connectivity index (χ1n) is 10.7. The Hall–Kier alpha value is -2.77. The van der Waals surface area contributed by atoms with E-state index in [-0.39, 0.29) is 6.04 Å². The lowest BCUT2D eigenvalue weighted by Crippen LogP contribution is -2.47. The zero-order chi connectivity index (χ0) is 20.8. The van der Waals surface area contributed by atoms with Crippen LogP contribution >= 0.6 is 0 Å². The fraction of sp³-hybridized carbons (Fsp3) is 0.435. The zero-order valence-corrected chi connectivity index (χ0v) is 17.8. The Morgan fingerprint density at radius 1 is 0.900 bits per heavy atom. The van der Waals surface area contributed by atoms with Crippen LogP contribution in [0.25, 0.3) is 0 Å². The third-order valence-corrected chi connectivity index (χ3v) is 5.83. The van der Waals surface area contributed by atoms with E-state index in [2.05, 4.69) is 74.7 Å². The fourth-order valence-electron chi connectivity index (χ4n) is 4.15. The van der Waals surface area contributed by atoms with Gasteiger partial charge in [0.2, 0.25) is 0 Å². The number of nitrogens with zero attached hydrogens (tertiary/aromatic N) is 6. The van der Waals surface area contributed by atoms with E-state index in [1.54, 1.807) is 7.11 Å². The van der Waals surface area contributed by atoms with E-state index in [0.29, 0.717) is 6.54 Å². The minimum atomic E-state index is 0.233. The van der Waals surface area contributed by atoms with Gasteiger partial charge in [0.05, 0.1) is 19.7 Å². The molecular weight excluding hydrogens is 376 g/mol. The van der Waals surface area contributed by atoms with Crippen molar-refractivity contribution in [2.24, 2.45) is 0 Å². The summed E-state index contributed by atoms with van der Waals surface area (Å²) in [6.07, 6.45) is 0.988. The highest BCUT2D eigenvalue weighted by Gasteiger charge is 2.28. The lowest BCUT2D eigenvalue weighted by Gasteiger charge is -2.38. The van der Waals surface area contributed by atoms with Crippen molar-refractivity contribution in [2.75, 3.05) is 33.3 Å². The molecule has 7 nitrogen and oxygen atoms in total. The van der Waals surface area contributed by atoms with Gasteiger partial charge in [0, 0.05) is 32.7 Å². The minimum absolute atomic E-state index is 0.233. The highest BCUT2D eigenvalue weighted by Crippen LogP contribution is 2.24. The van der Waals surface area contributed by atoms with Crippen molar-refractivity contribution in [1.82, 2.24) is 30.0 Å². The van der Waals surface area contributed by atoms with E-state index in [0.717, 1.165) is 56.3 Å². The molecule has 0 radical (unpaired) electrons. The van der Waals surface area contributed by atoms with Crippen molar-refractivity contribution in [1.29, 1.82) is 0 Å². The van der Waals surface area contributed by atoms with Crippen LogP contribution in [0.4, 0.5) is 0 Å². The quantitative estimate of drug-likeness (QED) is 0.573. The van der Waals surface area contributed by atoms with Gasteiger partial charge in [-0.3, -0.25) is 9.80 Å². The van der Waals surface area contributed by atoms with Crippen LogP contribution < -0.4 is 4.74 Å². The Morgan fingerprint density at radius 3 is 2.27 bits per heavy atom. The van der Waals surface area contributed by atoms with Crippen LogP contribution in [0.15, 0.2) is 54.6 Å². The highest BCUT2D eigenvalue weighted by molar-refractivity contribution is 5.27. The van der Waals surface area contributed by atoms with E-state index in [1.807, 2.05) is 16.8 Å². The minimum Gasteiger partial charge on any atom is -0.497 e. The zero-order valence-electron chi connectivity index (χ0n) is 17.8. The third kappa shape index (κ3) is 4.86. The van der Waals surface area contributed by atoms with E-state index < -0.39 is 0 Å². The van der Waals surface area contributed by atoms with E-state index >= 15 is 0 Å². The van der Waals surface area contributed by atoms with Crippen molar-refractivity contribution in [3.8, 4) is 5.75 Å². The maximum atomic E-state index is 5.25. The number of piperazine rings is 1. The Balaban J connectivity index is 1.39. The monoisotopic (exact) mass is 406 g/mol. The first-order chi connectivity index (χ1) is 14.8. The topological polar surface area (TPSA) is 59.3 Å². The van der Waals surface area contributed by atoms with E-state index in [9.17, 15) is 0 Å². The summed E-state index contributed by atoms with van der Waals surface area (Å²) < 4.78 is 7.19.